The van der Waals surface area contributed by atoms with Crippen molar-refractivity contribution in [3.05, 3.63) is 69.7 Å². The Morgan fingerprint density at radius 3 is 1.84 bits per heavy atom. The second-order valence-corrected chi connectivity index (χ2v) is 9.43. The number of hydrogen-bond donors (Lipinski definition) is 3. The number of aliphatic hydroxyl groups excluding tert-OH is 1. The molecule has 0 fully saturated rings. The average molecular weight is 481 g/mol. The lowest BCUT2D eigenvalue weighted by Gasteiger charge is -2.36. The van der Waals surface area contributed by atoms with E-state index in [2.05, 4.69) is 10.6 Å². The number of hydrogen-bond acceptors (Lipinski definition) is 4. The van der Waals surface area contributed by atoms with Crippen LogP contribution in [0.25, 0.3) is 0 Å². The smallest absolute Gasteiger partial charge is 0.408 e. The average Bonchev–Trinajstić information content (AvgIpc) is 2.73. The maximum absolute atomic E-state index is 12.5. The number of benzene rings is 2. The van der Waals surface area contributed by atoms with E-state index in [9.17, 15) is 14.7 Å². The number of nitrogens with one attached hydrogen (secondary N) is 2. The summed E-state index contributed by atoms with van der Waals surface area (Å²) >= 11 is 12.2. The number of rotatable bonds is 9. The van der Waals surface area contributed by atoms with Crippen LogP contribution >= 0.6 is 23.2 Å². The molecule has 0 aliphatic rings. The first kappa shape index (κ1) is 26.0. The van der Waals surface area contributed by atoms with Gasteiger partial charge in [-0.2, -0.15) is 0 Å². The number of aliphatic hydroxyl groups is 1. The Kier molecular flexibility index (Phi) is 9.37. The molecule has 2 aromatic rings. The van der Waals surface area contributed by atoms with E-state index < -0.39 is 17.1 Å². The number of halogens is 2. The highest BCUT2D eigenvalue weighted by Crippen LogP contribution is 2.37. The molecule has 2 aromatic carbocycles. The minimum Gasteiger partial charge on any atom is -0.444 e. The molecular formula is C24H30Cl2N2O4. The molecule has 0 spiro atoms. The van der Waals surface area contributed by atoms with E-state index in [1.165, 1.54) is 0 Å². The SMILES string of the molecule is CC(C)(C)OC(=O)NCC(=O)NCC(CCCO)(c1ccc(Cl)cc1)c1ccc(Cl)cc1. The van der Waals surface area contributed by atoms with Crippen molar-refractivity contribution in [1.82, 2.24) is 10.6 Å². The van der Waals surface area contributed by atoms with E-state index >= 15 is 0 Å². The lowest BCUT2D eigenvalue weighted by Crippen LogP contribution is -2.46. The first-order chi connectivity index (χ1) is 15.1. The summed E-state index contributed by atoms with van der Waals surface area (Å²) in [6.07, 6.45) is 0.443. The maximum Gasteiger partial charge on any atom is 0.408 e. The van der Waals surface area contributed by atoms with Gasteiger partial charge >= 0.3 is 6.09 Å². The first-order valence-electron chi connectivity index (χ1n) is 10.4. The monoisotopic (exact) mass is 480 g/mol. The number of carbonyl (C=O) groups is 2. The maximum atomic E-state index is 12.5. The molecule has 0 aromatic heterocycles. The van der Waals surface area contributed by atoms with Crippen molar-refractivity contribution in [1.29, 1.82) is 0 Å². The van der Waals surface area contributed by atoms with Crippen LogP contribution in [0, 0.1) is 0 Å². The minimum atomic E-state index is -0.658. The van der Waals surface area contributed by atoms with Crippen LogP contribution in [0.4, 0.5) is 4.79 Å². The fraction of sp³-hybridized carbons (Fsp3) is 0.417. The molecular weight excluding hydrogens is 451 g/mol. The van der Waals surface area contributed by atoms with Gasteiger partial charge in [0.15, 0.2) is 0 Å². The van der Waals surface area contributed by atoms with Crippen molar-refractivity contribution in [2.75, 3.05) is 19.7 Å². The summed E-state index contributed by atoms with van der Waals surface area (Å²) in [6.45, 7) is 5.30. The molecule has 0 saturated heterocycles. The van der Waals surface area contributed by atoms with Crippen LogP contribution in [0.2, 0.25) is 10.0 Å². The second-order valence-electron chi connectivity index (χ2n) is 8.56. The van der Waals surface area contributed by atoms with E-state index in [4.69, 9.17) is 27.9 Å². The molecule has 3 N–H and O–H groups in total. The second kappa shape index (κ2) is 11.5. The standard InChI is InChI=1S/C24H30Cl2N2O4/c1-23(2,3)32-22(31)27-15-21(30)28-16-24(13-4-14-29,17-5-9-19(25)10-6-17)18-7-11-20(26)12-8-18/h5-12,29H,4,13-16H2,1-3H3,(H,27,31)(H,28,30). The molecule has 0 saturated carbocycles. The highest BCUT2D eigenvalue weighted by Gasteiger charge is 2.34. The summed E-state index contributed by atoms with van der Waals surface area (Å²) in [5.74, 6) is -0.354. The van der Waals surface area contributed by atoms with Crippen LogP contribution in [0.15, 0.2) is 48.5 Å². The van der Waals surface area contributed by atoms with Crippen LogP contribution in [0.3, 0.4) is 0 Å². The summed E-state index contributed by atoms with van der Waals surface area (Å²) in [5.41, 5.74) is 0.610. The number of ether oxygens (including phenoxy) is 1. The third-order valence-corrected chi connectivity index (χ3v) is 5.44. The molecule has 2 rings (SSSR count). The zero-order valence-electron chi connectivity index (χ0n) is 18.6. The Balaban J connectivity index is 2.25. The predicted molar refractivity (Wildman–Crippen MR) is 127 cm³/mol. The third-order valence-electron chi connectivity index (χ3n) is 4.93. The van der Waals surface area contributed by atoms with Gasteiger partial charge in [-0.3, -0.25) is 4.79 Å². The normalized spacial score (nSPS) is 11.7. The minimum absolute atomic E-state index is 0.0110. The molecule has 6 nitrogen and oxygen atoms in total. The lowest BCUT2D eigenvalue weighted by molar-refractivity contribution is -0.120. The van der Waals surface area contributed by atoms with Crippen molar-refractivity contribution in [2.24, 2.45) is 0 Å². The number of amides is 2. The highest BCUT2D eigenvalue weighted by molar-refractivity contribution is 6.30. The van der Waals surface area contributed by atoms with Gasteiger partial charge in [-0.25, -0.2) is 4.79 Å². The Hall–Kier alpha value is -2.28. The van der Waals surface area contributed by atoms with Gasteiger partial charge in [-0.05, 0) is 69.0 Å². The third kappa shape index (κ3) is 7.69. The summed E-state index contributed by atoms with van der Waals surface area (Å²) in [4.78, 5) is 24.4. The molecule has 0 aliphatic carbocycles. The molecule has 0 radical (unpaired) electrons. The van der Waals surface area contributed by atoms with Crippen LogP contribution in [0.1, 0.15) is 44.7 Å². The van der Waals surface area contributed by atoms with Crippen LogP contribution in [0.5, 0.6) is 0 Å². The van der Waals surface area contributed by atoms with E-state index in [0.29, 0.717) is 22.9 Å². The van der Waals surface area contributed by atoms with E-state index in [1.807, 2.05) is 24.3 Å². The molecule has 8 heteroatoms. The highest BCUT2D eigenvalue weighted by atomic mass is 35.5. The Labute approximate surface area is 199 Å². The number of alkyl carbamates (subject to hydrolysis) is 1. The molecule has 0 heterocycles. The van der Waals surface area contributed by atoms with Gasteiger partial charge in [0.05, 0.1) is 6.54 Å². The Morgan fingerprint density at radius 2 is 1.41 bits per heavy atom. The van der Waals surface area contributed by atoms with Crippen molar-refractivity contribution in [2.45, 2.75) is 44.6 Å². The summed E-state index contributed by atoms with van der Waals surface area (Å²) in [5, 5.41) is 16.1. The Bertz CT molecular complexity index is 848. The lowest BCUT2D eigenvalue weighted by atomic mass is 9.71. The van der Waals surface area contributed by atoms with Crippen molar-refractivity contribution in [3.8, 4) is 0 Å². The molecule has 32 heavy (non-hydrogen) atoms. The molecule has 0 aliphatic heterocycles. The van der Waals surface area contributed by atoms with Crippen LogP contribution < -0.4 is 10.6 Å². The summed E-state index contributed by atoms with van der Waals surface area (Å²) in [7, 11) is 0. The topological polar surface area (TPSA) is 87.7 Å². The molecule has 0 bridgehead atoms. The summed E-state index contributed by atoms with van der Waals surface area (Å²) < 4.78 is 5.16. The molecule has 0 unspecified atom stereocenters. The fourth-order valence-electron chi connectivity index (χ4n) is 3.45. The van der Waals surface area contributed by atoms with E-state index in [0.717, 1.165) is 11.1 Å². The van der Waals surface area contributed by atoms with Gasteiger partial charge in [0.2, 0.25) is 5.91 Å². The Morgan fingerprint density at radius 1 is 0.906 bits per heavy atom. The van der Waals surface area contributed by atoms with Crippen LogP contribution in [-0.4, -0.2) is 42.4 Å². The van der Waals surface area contributed by atoms with Gasteiger partial charge in [0.25, 0.3) is 0 Å². The van der Waals surface area contributed by atoms with Gasteiger partial charge in [0, 0.05) is 28.6 Å². The van der Waals surface area contributed by atoms with Gasteiger partial charge in [-0.1, -0.05) is 47.5 Å². The van der Waals surface area contributed by atoms with Gasteiger partial charge < -0.3 is 20.5 Å². The molecule has 0 atom stereocenters. The summed E-state index contributed by atoms with van der Waals surface area (Å²) in [6, 6.07) is 14.9. The fourth-order valence-corrected chi connectivity index (χ4v) is 3.70. The van der Waals surface area contributed by atoms with Gasteiger partial charge in [-0.15, -0.1) is 0 Å². The van der Waals surface area contributed by atoms with Gasteiger partial charge in [0.1, 0.15) is 5.60 Å². The largest absolute Gasteiger partial charge is 0.444 e. The zero-order valence-corrected chi connectivity index (χ0v) is 20.1. The quantitative estimate of drug-likeness (QED) is 0.485. The van der Waals surface area contributed by atoms with Crippen molar-refractivity contribution >= 4 is 35.2 Å². The van der Waals surface area contributed by atoms with E-state index in [1.54, 1.807) is 45.0 Å². The van der Waals surface area contributed by atoms with Crippen molar-refractivity contribution in [3.63, 3.8) is 0 Å². The van der Waals surface area contributed by atoms with Crippen LogP contribution in [-0.2, 0) is 14.9 Å². The molecule has 174 valence electrons. The number of carbonyl (C=O) groups excluding carboxylic acids is 2. The first-order valence-corrected chi connectivity index (χ1v) is 11.2. The zero-order chi connectivity index (χ0) is 23.8. The predicted octanol–water partition coefficient (Wildman–Crippen LogP) is 4.69. The molecule has 2 amide bonds. The van der Waals surface area contributed by atoms with Crippen molar-refractivity contribution < 1.29 is 19.4 Å². The van der Waals surface area contributed by atoms with E-state index in [-0.39, 0.29) is 25.6 Å².